The molecule has 76 valence electrons. The minimum atomic E-state index is -0.385. The summed E-state index contributed by atoms with van der Waals surface area (Å²) in [6.45, 7) is 7.28. The Balaban J connectivity index is 2.46. The Kier molecular flexibility index (Phi) is 2.96. The van der Waals surface area contributed by atoms with Crippen molar-refractivity contribution in [2.45, 2.75) is 39.2 Å². The highest BCUT2D eigenvalue weighted by Crippen LogP contribution is 2.37. The van der Waals surface area contributed by atoms with Crippen molar-refractivity contribution in [1.82, 2.24) is 5.32 Å². The van der Waals surface area contributed by atoms with E-state index in [9.17, 15) is 4.79 Å². The van der Waals surface area contributed by atoms with E-state index >= 15 is 0 Å². The molecular weight excluding hydrogens is 164 g/mol. The van der Waals surface area contributed by atoms with Gasteiger partial charge in [0.2, 0.25) is 5.91 Å². The molecule has 0 unspecified atom stereocenters. The molecule has 3 N–H and O–H groups in total. The molecular formula is C10H20N2O. The number of nitrogens with two attached hydrogens (primary N) is 1. The number of amides is 1. The Morgan fingerprint density at radius 1 is 1.62 bits per heavy atom. The van der Waals surface area contributed by atoms with Crippen molar-refractivity contribution in [3.8, 4) is 0 Å². The van der Waals surface area contributed by atoms with E-state index in [0.717, 1.165) is 19.4 Å². The molecule has 0 heterocycles. The van der Waals surface area contributed by atoms with Crippen LogP contribution in [0, 0.1) is 11.8 Å². The maximum absolute atomic E-state index is 11.2. The fourth-order valence-electron chi connectivity index (χ4n) is 1.96. The van der Waals surface area contributed by atoms with Crippen LogP contribution in [-0.2, 0) is 4.79 Å². The first kappa shape index (κ1) is 10.5. The molecule has 0 atom stereocenters. The predicted molar refractivity (Wildman–Crippen MR) is 53.2 cm³/mol. The third-order valence-electron chi connectivity index (χ3n) is 2.71. The molecule has 1 aliphatic carbocycles. The smallest absolute Gasteiger partial charge is 0.237 e. The maximum Gasteiger partial charge on any atom is 0.237 e. The summed E-state index contributed by atoms with van der Waals surface area (Å²) >= 11 is 0. The first-order valence-corrected chi connectivity index (χ1v) is 5.01. The molecule has 3 heteroatoms. The van der Waals surface area contributed by atoms with Crippen LogP contribution < -0.4 is 11.1 Å². The van der Waals surface area contributed by atoms with Gasteiger partial charge in [0.25, 0.3) is 0 Å². The van der Waals surface area contributed by atoms with Crippen LogP contribution in [0.1, 0.15) is 33.6 Å². The molecule has 1 fully saturated rings. The van der Waals surface area contributed by atoms with Gasteiger partial charge < -0.3 is 11.1 Å². The molecule has 0 saturated heterocycles. The molecule has 1 amide bonds. The zero-order chi connectivity index (χ0) is 10.1. The molecule has 0 aromatic carbocycles. The molecule has 0 radical (unpaired) electrons. The Hall–Kier alpha value is -0.570. The fourth-order valence-corrected chi connectivity index (χ4v) is 1.96. The van der Waals surface area contributed by atoms with Gasteiger partial charge in [0.15, 0.2) is 0 Å². The summed E-state index contributed by atoms with van der Waals surface area (Å²) in [5.41, 5.74) is 4.99. The summed E-state index contributed by atoms with van der Waals surface area (Å²) in [5.74, 6) is 1.01. The number of nitrogens with one attached hydrogen (secondary N) is 1. The molecule has 0 spiro atoms. The van der Waals surface area contributed by atoms with Gasteiger partial charge in [-0.15, -0.1) is 0 Å². The minimum absolute atomic E-state index is 0.189. The Labute approximate surface area is 80.1 Å². The summed E-state index contributed by atoms with van der Waals surface area (Å²) in [6.07, 6.45) is 1.80. The minimum Gasteiger partial charge on any atom is -0.368 e. The van der Waals surface area contributed by atoms with Crippen molar-refractivity contribution in [3.05, 3.63) is 0 Å². The lowest BCUT2D eigenvalue weighted by atomic mass is 9.68. The number of carbonyl (C=O) groups is 1. The number of carbonyl (C=O) groups excluding carboxylic acids is 1. The van der Waals surface area contributed by atoms with Gasteiger partial charge in [0.05, 0.1) is 5.54 Å². The highest BCUT2D eigenvalue weighted by Gasteiger charge is 2.46. The Morgan fingerprint density at radius 3 is 2.46 bits per heavy atom. The third kappa shape index (κ3) is 2.21. The van der Waals surface area contributed by atoms with Gasteiger partial charge >= 0.3 is 0 Å². The molecule has 1 rings (SSSR count). The zero-order valence-electron chi connectivity index (χ0n) is 8.76. The van der Waals surface area contributed by atoms with Crippen LogP contribution in [0.15, 0.2) is 0 Å². The average molecular weight is 184 g/mol. The Morgan fingerprint density at radius 2 is 2.15 bits per heavy atom. The summed E-state index contributed by atoms with van der Waals surface area (Å²) in [5, 5.41) is 3.29. The molecule has 0 aromatic rings. The van der Waals surface area contributed by atoms with Crippen molar-refractivity contribution in [3.63, 3.8) is 0 Å². The summed E-state index contributed by atoms with van der Waals surface area (Å²) in [6, 6.07) is 0. The van der Waals surface area contributed by atoms with E-state index in [1.54, 1.807) is 0 Å². The van der Waals surface area contributed by atoms with Gasteiger partial charge in [-0.1, -0.05) is 20.8 Å². The molecule has 3 nitrogen and oxygen atoms in total. The lowest BCUT2D eigenvalue weighted by Crippen LogP contribution is -2.63. The number of hydrogen-bond donors (Lipinski definition) is 2. The number of hydrogen-bond acceptors (Lipinski definition) is 2. The second-order valence-electron chi connectivity index (χ2n) is 4.73. The third-order valence-corrected chi connectivity index (χ3v) is 2.71. The zero-order valence-corrected chi connectivity index (χ0v) is 8.76. The van der Waals surface area contributed by atoms with Crippen LogP contribution in [-0.4, -0.2) is 18.0 Å². The van der Waals surface area contributed by atoms with Crippen molar-refractivity contribution in [2.75, 3.05) is 6.54 Å². The van der Waals surface area contributed by atoms with Crippen molar-refractivity contribution >= 4 is 5.91 Å². The van der Waals surface area contributed by atoms with E-state index in [2.05, 4.69) is 26.1 Å². The van der Waals surface area contributed by atoms with E-state index in [1.165, 1.54) is 0 Å². The van der Waals surface area contributed by atoms with Crippen molar-refractivity contribution in [2.24, 2.45) is 17.6 Å². The first-order chi connectivity index (χ1) is 5.96. The van der Waals surface area contributed by atoms with Gasteiger partial charge in [-0.05, 0) is 31.2 Å². The second kappa shape index (κ2) is 3.66. The summed E-state index contributed by atoms with van der Waals surface area (Å²) in [4.78, 5) is 11.2. The average Bonchev–Trinajstić information content (AvgIpc) is 1.94. The highest BCUT2D eigenvalue weighted by molar-refractivity contribution is 5.85. The number of primary amides is 1. The van der Waals surface area contributed by atoms with Crippen LogP contribution in [0.5, 0.6) is 0 Å². The van der Waals surface area contributed by atoms with E-state index in [-0.39, 0.29) is 11.4 Å². The quantitative estimate of drug-likeness (QED) is 0.681. The molecule has 0 aliphatic heterocycles. The van der Waals surface area contributed by atoms with Crippen molar-refractivity contribution in [1.29, 1.82) is 0 Å². The monoisotopic (exact) mass is 184 g/mol. The lowest BCUT2D eigenvalue weighted by molar-refractivity contribution is -0.129. The van der Waals surface area contributed by atoms with E-state index < -0.39 is 0 Å². The molecule has 0 bridgehead atoms. The molecule has 13 heavy (non-hydrogen) atoms. The maximum atomic E-state index is 11.2. The van der Waals surface area contributed by atoms with Crippen LogP contribution in [0.25, 0.3) is 0 Å². The first-order valence-electron chi connectivity index (χ1n) is 5.01. The van der Waals surface area contributed by atoms with Gasteiger partial charge in [-0.2, -0.15) is 0 Å². The van der Waals surface area contributed by atoms with Crippen LogP contribution in [0.4, 0.5) is 0 Å². The SMILES string of the molecule is CC(C)CNC1(C(N)=O)CC(C)C1. The molecule has 1 saturated carbocycles. The van der Waals surface area contributed by atoms with E-state index in [4.69, 9.17) is 5.73 Å². The number of rotatable bonds is 4. The van der Waals surface area contributed by atoms with Crippen LogP contribution >= 0.6 is 0 Å². The predicted octanol–water partition coefficient (Wildman–Crippen LogP) is 0.886. The topological polar surface area (TPSA) is 55.1 Å². The normalized spacial score (nSPS) is 33.1. The molecule has 0 aromatic heterocycles. The highest BCUT2D eigenvalue weighted by atomic mass is 16.1. The largest absolute Gasteiger partial charge is 0.368 e. The van der Waals surface area contributed by atoms with Gasteiger partial charge in [-0.25, -0.2) is 0 Å². The van der Waals surface area contributed by atoms with Crippen LogP contribution in [0.2, 0.25) is 0 Å². The standard InChI is InChI=1S/C10H20N2O/c1-7(2)6-12-10(9(11)13)4-8(3)5-10/h7-8,12H,4-6H2,1-3H3,(H2,11,13). The van der Waals surface area contributed by atoms with Gasteiger partial charge in [0, 0.05) is 0 Å². The van der Waals surface area contributed by atoms with E-state index in [1.807, 2.05) is 0 Å². The van der Waals surface area contributed by atoms with Gasteiger partial charge in [0.1, 0.15) is 0 Å². The fraction of sp³-hybridized carbons (Fsp3) is 0.900. The summed E-state index contributed by atoms with van der Waals surface area (Å²) in [7, 11) is 0. The molecule has 1 aliphatic rings. The Bertz CT molecular complexity index is 195. The van der Waals surface area contributed by atoms with Gasteiger partial charge in [-0.3, -0.25) is 4.79 Å². The van der Waals surface area contributed by atoms with E-state index in [0.29, 0.717) is 11.8 Å². The lowest BCUT2D eigenvalue weighted by Gasteiger charge is -2.45. The van der Waals surface area contributed by atoms with Crippen LogP contribution in [0.3, 0.4) is 0 Å². The van der Waals surface area contributed by atoms with Crippen molar-refractivity contribution < 1.29 is 4.79 Å². The second-order valence-corrected chi connectivity index (χ2v) is 4.73. The summed E-state index contributed by atoms with van der Waals surface area (Å²) < 4.78 is 0.